The van der Waals surface area contributed by atoms with Crippen molar-refractivity contribution in [1.82, 2.24) is 10.2 Å². The van der Waals surface area contributed by atoms with Gasteiger partial charge in [0.1, 0.15) is 17.1 Å². The molecule has 2 aromatic carbocycles. The summed E-state index contributed by atoms with van der Waals surface area (Å²) in [6.07, 6.45) is 0. The molecule has 2 aliphatic heterocycles. The molecule has 1 fully saturated rings. The summed E-state index contributed by atoms with van der Waals surface area (Å²) in [7, 11) is 3.03. The van der Waals surface area contributed by atoms with Crippen molar-refractivity contribution in [2.24, 2.45) is 10.9 Å². The molecule has 0 saturated carbocycles. The normalized spacial score (nSPS) is 23.1. The molecule has 150 valence electrons. The van der Waals surface area contributed by atoms with Crippen LogP contribution in [0.3, 0.4) is 0 Å². The molecule has 1 N–H and O–H groups in total. The van der Waals surface area contributed by atoms with Crippen LogP contribution in [-0.2, 0) is 15.1 Å². The van der Waals surface area contributed by atoms with E-state index in [-0.39, 0.29) is 11.9 Å². The molecule has 1 saturated heterocycles. The summed E-state index contributed by atoms with van der Waals surface area (Å²) < 4.78 is 11.2. The molecule has 2 aliphatic rings. The Bertz CT molecular complexity index is 995. The number of carbonyl (C=O) groups excluding carboxylic acids is 1. The molecule has 0 aromatic heterocycles. The van der Waals surface area contributed by atoms with E-state index >= 15 is 0 Å². The van der Waals surface area contributed by atoms with Crippen LogP contribution in [0.1, 0.15) is 11.1 Å². The molecule has 0 bridgehead atoms. The van der Waals surface area contributed by atoms with Crippen molar-refractivity contribution in [2.75, 3.05) is 27.3 Å². The van der Waals surface area contributed by atoms with Gasteiger partial charge in [0.2, 0.25) is 0 Å². The number of rotatable bonds is 4. The van der Waals surface area contributed by atoms with E-state index in [0.29, 0.717) is 18.2 Å². The zero-order valence-electron chi connectivity index (χ0n) is 16.0. The van der Waals surface area contributed by atoms with Crippen LogP contribution in [0, 0.1) is 5.92 Å². The van der Waals surface area contributed by atoms with Crippen molar-refractivity contribution >= 4 is 45.1 Å². The maximum atomic E-state index is 12.1. The van der Waals surface area contributed by atoms with E-state index in [4.69, 9.17) is 26.7 Å². The third-order valence-corrected chi connectivity index (χ3v) is 6.13. The first-order chi connectivity index (χ1) is 14.0. The Morgan fingerprint density at radius 2 is 2.00 bits per heavy atom. The van der Waals surface area contributed by atoms with Gasteiger partial charge in [-0.25, -0.2) is 0 Å². The molecular weight excluding hydrogens is 454 g/mol. The number of nitrogens with one attached hydrogen (secondary N) is 1. The van der Waals surface area contributed by atoms with E-state index < -0.39 is 5.54 Å². The highest BCUT2D eigenvalue weighted by Crippen LogP contribution is 2.40. The summed E-state index contributed by atoms with van der Waals surface area (Å²) in [4.78, 5) is 18.8. The van der Waals surface area contributed by atoms with Crippen molar-refractivity contribution < 1.29 is 14.3 Å². The van der Waals surface area contributed by atoms with Crippen LogP contribution in [0.2, 0.25) is 0 Å². The molecule has 2 unspecified atom stereocenters. The number of halogens is 1. The first-order valence-corrected chi connectivity index (χ1v) is 10.3. The third kappa shape index (κ3) is 3.30. The average Bonchev–Trinajstić information content (AvgIpc) is 3.06. The quantitative estimate of drug-likeness (QED) is 0.543. The van der Waals surface area contributed by atoms with Crippen LogP contribution < -0.4 is 10.1 Å². The van der Waals surface area contributed by atoms with Crippen LogP contribution in [0.25, 0.3) is 0 Å². The first-order valence-electron chi connectivity index (χ1n) is 9.12. The number of benzene rings is 2. The fraction of sp³-hybridized carbons (Fsp3) is 0.286. The second kappa shape index (κ2) is 7.76. The molecule has 2 heterocycles. The predicted molar refractivity (Wildman–Crippen MR) is 118 cm³/mol. The maximum absolute atomic E-state index is 12.1. The summed E-state index contributed by atoms with van der Waals surface area (Å²) in [6.45, 7) is 0.790. The number of ether oxygens (including phenoxy) is 2. The fourth-order valence-corrected chi connectivity index (χ4v) is 4.59. The van der Waals surface area contributed by atoms with Gasteiger partial charge >= 0.3 is 5.97 Å². The monoisotopic (exact) mass is 473 g/mol. The van der Waals surface area contributed by atoms with Gasteiger partial charge in [-0.3, -0.25) is 9.79 Å². The average molecular weight is 474 g/mol. The summed E-state index contributed by atoms with van der Waals surface area (Å²) in [6, 6.07) is 15.9. The number of nitrogens with zero attached hydrogens (tertiary/aromatic N) is 2. The summed E-state index contributed by atoms with van der Waals surface area (Å²) in [5.74, 6) is 0.926. The summed E-state index contributed by atoms with van der Waals surface area (Å²) >= 11 is 9.24. The van der Waals surface area contributed by atoms with Crippen LogP contribution >= 0.6 is 28.1 Å². The SMILES string of the molecule is COC(=O)C1CN=C2N(C1)C(=S)NC2(c1ccc(OC)cc1)c1cccc(Br)c1. The zero-order valence-corrected chi connectivity index (χ0v) is 18.4. The number of methoxy groups -OCH3 is 2. The molecule has 0 spiro atoms. The molecule has 0 radical (unpaired) electrons. The maximum Gasteiger partial charge on any atom is 0.312 e. The number of esters is 1. The van der Waals surface area contributed by atoms with E-state index in [1.165, 1.54) is 7.11 Å². The van der Waals surface area contributed by atoms with Gasteiger partial charge in [0, 0.05) is 11.0 Å². The van der Waals surface area contributed by atoms with Crippen LogP contribution in [0.4, 0.5) is 0 Å². The van der Waals surface area contributed by atoms with Gasteiger partial charge in [-0.1, -0.05) is 40.2 Å². The molecule has 2 aromatic rings. The van der Waals surface area contributed by atoms with Crippen molar-refractivity contribution in [3.8, 4) is 5.75 Å². The highest BCUT2D eigenvalue weighted by atomic mass is 79.9. The molecule has 8 heteroatoms. The Morgan fingerprint density at radius 3 is 2.66 bits per heavy atom. The lowest BCUT2D eigenvalue weighted by Gasteiger charge is -2.34. The number of carbonyl (C=O) groups is 1. The lowest BCUT2D eigenvalue weighted by molar-refractivity contribution is -0.145. The minimum atomic E-state index is -0.756. The van der Waals surface area contributed by atoms with Gasteiger partial charge in [0.25, 0.3) is 0 Å². The Kier molecular flexibility index (Phi) is 5.31. The molecule has 2 atom stereocenters. The standard InChI is InChI=1S/C21H20BrN3O3S/c1-27-17-8-6-14(7-9-17)21(15-4-3-5-16(22)10-15)19-23-11-13(18(26)28-2)12-25(19)20(29)24-21/h3-10,13H,11-12H2,1-2H3,(H,24,29). The topological polar surface area (TPSA) is 63.2 Å². The van der Waals surface area contributed by atoms with Gasteiger partial charge in [-0.2, -0.15) is 0 Å². The Balaban J connectivity index is 1.88. The lowest BCUT2D eigenvalue weighted by atomic mass is 9.81. The van der Waals surface area contributed by atoms with Crippen molar-refractivity contribution in [2.45, 2.75) is 5.54 Å². The fourth-order valence-electron chi connectivity index (χ4n) is 3.88. The molecule has 4 rings (SSSR count). The number of hydrogen-bond donors (Lipinski definition) is 1. The Hall–Kier alpha value is -2.45. The van der Waals surface area contributed by atoms with E-state index in [0.717, 1.165) is 27.2 Å². The molecule has 0 aliphatic carbocycles. The predicted octanol–water partition coefficient (Wildman–Crippen LogP) is 3.09. The van der Waals surface area contributed by atoms with Crippen molar-refractivity contribution in [3.63, 3.8) is 0 Å². The second-order valence-electron chi connectivity index (χ2n) is 6.91. The van der Waals surface area contributed by atoms with Crippen molar-refractivity contribution in [3.05, 3.63) is 64.1 Å². The number of amidine groups is 1. The number of fused-ring (bicyclic) bond motifs is 1. The van der Waals surface area contributed by atoms with Crippen LogP contribution in [-0.4, -0.2) is 49.1 Å². The van der Waals surface area contributed by atoms with Gasteiger partial charge in [0.15, 0.2) is 5.11 Å². The summed E-state index contributed by atoms with van der Waals surface area (Å²) in [5, 5.41) is 4.03. The summed E-state index contributed by atoms with van der Waals surface area (Å²) in [5.41, 5.74) is 1.22. The van der Waals surface area contributed by atoms with E-state index in [1.54, 1.807) is 7.11 Å². The van der Waals surface area contributed by atoms with Gasteiger partial charge in [-0.15, -0.1) is 0 Å². The van der Waals surface area contributed by atoms with Crippen LogP contribution in [0.5, 0.6) is 5.75 Å². The lowest BCUT2D eigenvalue weighted by Crippen LogP contribution is -2.48. The highest BCUT2D eigenvalue weighted by Gasteiger charge is 2.52. The minimum absolute atomic E-state index is 0.278. The molecule has 0 amide bonds. The van der Waals surface area contributed by atoms with Crippen LogP contribution in [0.15, 0.2) is 58.0 Å². The third-order valence-electron chi connectivity index (χ3n) is 5.31. The number of hydrogen-bond acceptors (Lipinski definition) is 5. The molecule has 29 heavy (non-hydrogen) atoms. The molecule has 6 nitrogen and oxygen atoms in total. The minimum Gasteiger partial charge on any atom is -0.497 e. The number of thiocarbonyl (C=S) groups is 1. The van der Waals surface area contributed by atoms with Crippen molar-refractivity contribution in [1.29, 1.82) is 0 Å². The van der Waals surface area contributed by atoms with Gasteiger partial charge in [-0.05, 0) is 47.6 Å². The first kappa shape index (κ1) is 19.8. The number of aliphatic imine (C=N–C) groups is 1. The largest absolute Gasteiger partial charge is 0.497 e. The van der Waals surface area contributed by atoms with E-state index in [1.807, 2.05) is 47.4 Å². The van der Waals surface area contributed by atoms with Gasteiger partial charge < -0.3 is 19.7 Å². The molecular formula is C21H20BrN3O3S. The second-order valence-corrected chi connectivity index (χ2v) is 8.22. The Morgan fingerprint density at radius 1 is 1.24 bits per heavy atom. The van der Waals surface area contributed by atoms with E-state index in [9.17, 15) is 4.79 Å². The zero-order chi connectivity index (χ0) is 20.6. The highest BCUT2D eigenvalue weighted by molar-refractivity contribution is 9.10. The van der Waals surface area contributed by atoms with Gasteiger partial charge in [0.05, 0.1) is 26.7 Å². The smallest absolute Gasteiger partial charge is 0.312 e. The Labute approximate surface area is 183 Å². The van der Waals surface area contributed by atoms with E-state index in [2.05, 4.69) is 27.3 Å².